The van der Waals surface area contributed by atoms with Crippen molar-refractivity contribution in [2.75, 3.05) is 17.7 Å². The number of H-pyrrole nitrogens is 1. The Morgan fingerprint density at radius 1 is 1.29 bits per heavy atom. The van der Waals surface area contributed by atoms with Gasteiger partial charge in [0.1, 0.15) is 11.5 Å². The van der Waals surface area contributed by atoms with Crippen molar-refractivity contribution in [1.29, 1.82) is 0 Å². The maximum Gasteiger partial charge on any atom is 0.354 e. The zero-order chi connectivity index (χ0) is 17.3. The van der Waals surface area contributed by atoms with E-state index in [4.69, 9.17) is 10.5 Å². The summed E-state index contributed by atoms with van der Waals surface area (Å²) in [6.07, 6.45) is 0. The van der Waals surface area contributed by atoms with Crippen LogP contribution in [0.3, 0.4) is 0 Å². The van der Waals surface area contributed by atoms with Gasteiger partial charge in [-0.1, -0.05) is 0 Å². The fourth-order valence-corrected chi connectivity index (χ4v) is 2.58. The number of nitrogen functional groups attached to an aromatic ring is 1. The molecule has 124 valence electrons. The number of aromatic amines is 1. The summed E-state index contributed by atoms with van der Waals surface area (Å²) in [7, 11) is 0. The van der Waals surface area contributed by atoms with Gasteiger partial charge in [0.05, 0.1) is 12.3 Å². The van der Waals surface area contributed by atoms with E-state index in [0.717, 1.165) is 22.2 Å². The second-order valence-corrected chi connectivity index (χ2v) is 5.54. The maximum atomic E-state index is 13.3. The molecule has 3 aromatic rings. The zero-order valence-corrected chi connectivity index (χ0v) is 13.4. The smallest absolute Gasteiger partial charge is 0.354 e. The summed E-state index contributed by atoms with van der Waals surface area (Å²) in [4.78, 5) is 15.0. The molecule has 0 spiro atoms. The van der Waals surface area contributed by atoms with Gasteiger partial charge in [0.15, 0.2) is 0 Å². The van der Waals surface area contributed by atoms with Gasteiger partial charge in [0, 0.05) is 22.3 Å². The van der Waals surface area contributed by atoms with Crippen molar-refractivity contribution in [3.8, 4) is 0 Å². The Hall–Kier alpha value is -3.02. The van der Waals surface area contributed by atoms with E-state index in [2.05, 4.69) is 10.3 Å². The second-order valence-electron chi connectivity index (χ2n) is 5.54. The lowest BCUT2D eigenvalue weighted by Crippen LogP contribution is -2.04. The van der Waals surface area contributed by atoms with Crippen LogP contribution in [0.15, 0.2) is 36.4 Å². The van der Waals surface area contributed by atoms with E-state index in [-0.39, 0.29) is 5.69 Å². The van der Waals surface area contributed by atoms with Crippen LogP contribution in [0.2, 0.25) is 0 Å². The van der Waals surface area contributed by atoms with Crippen LogP contribution in [-0.2, 0) is 4.74 Å². The highest BCUT2D eigenvalue weighted by atomic mass is 19.1. The number of esters is 1. The number of fused-ring (bicyclic) bond motifs is 1. The van der Waals surface area contributed by atoms with Crippen molar-refractivity contribution in [3.63, 3.8) is 0 Å². The van der Waals surface area contributed by atoms with Gasteiger partial charge >= 0.3 is 5.97 Å². The Morgan fingerprint density at radius 2 is 2.08 bits per heavy atom. The third-order valence-corrected chi connectivity index (χ3v) is 3.65. The maximum absolute atomic E-state index is 13.3. The first-order valence-electron chi connectivity index (χ1n) is 7.60. The fourth-order valence-electron chi connectivity index (χ4n) is 2.58. The van der Waals surface area contributed by atoms with Gasteiger partial charge in [-0.2, -0.15) is 0 Å². The highest BCUT2D eigenvalue weighted by Crippen LogP contribution is 2.30. The number of carbonyl (C=O) groups is 1. The Kier molecular flexibility index (Phi) is 4.12. The molecule has 0 aliphatic carbocycles. The van der Waals surface area contributed by atoms with Crippen LogP contribution in [0, 0.1) is 12.7 Å². The number of halogens is 1. The van der Waals surface area contributed by atoms with Gasteiger partial charge in [0.25, 0.3) is 0 Å². The van der Waals surface area contributed by atoms with Gasteiger partial charge in [-0.25, -0.2) is 9.18 Å². The first-order chi connectivity index (χ1) is 11.5. The lowest BCUT2D eigenvalue weighted by molar-refractivity contribution is 0.0520. The summed E-state index contributed by atoms with van der Waals surface area (Å²) in [6.45, 7) is 4.03. The van der Waals surface area contributed by atoms with E-state index in [1.54, 1.807) is 19.1 Å². The molecule has 3 rings (SSSR count). The monoisotopic (exact) mass is 327 g/mol. The summed E-state index contributed by atoms with van der Waals surface area (Å²) in [5.74, 6) is -0.857. The number of nitrogens with two attached hydrogens (primary N) is 1. The number of benzene rings is 2. The standard InChI is InChI=1S/C18H18FN3O2/c1-3-24-18(23)17-9-12-15(6-10(2)7-16(12)22-17)21-11-4-5-13(19)14(20)8-11/h4-9,21-22H,3,20H2,1-2H3. The topological polar surface area (TPSA) is 80.1 Å². The number of ether oxygens (including phenoxy) is 1. The molecule has 5 nitrogen and oxygen atoms in total. The normalized spacial score (nSPS) is 10.8. The van der Waals surface area contributed by atoms with E-state index in [1.165, 1.54) is 12.1 Å². The van der Waals surface area contributed by atoms with Crippen LogP contribution in [0.1, 0.15) is 23.0 Å². The van der Waals surface area contributed by atoms with Crippen molar-refractivity contribution >= 4 is 33.9 Å². The van der Waals surface area contributed by atoms with E-state index < -0.39 is 11.8 Å². The van der Waals surface area contributed by atoms with Gasteiger partial charge in [-0.05, 0) is 55.8 Å². The Balaban J connectivity index is 2.03. The van der Waals surface area contributed by atoms with Crippen molar-refractivity contribution in [3.05, 3.63) is 53.5 Å². The molecule has 4 N–H and O–H groups in total. The zero-order valence-electron chi connectivity index (χ0n) is 13.4. The van der Waals surface area contributed by atoms with Crippen LogP contribution >= 0.6 is 0 Å². The van der Waals surface area contributed by atoms with E-state index in [9.17, 15) is 9.18 Å². The van der Waals surface area contributed by atoms with Crippen molar-refractivity contribution in [2.45, 2.75) is 13.8 Å². The van der Waals surface area contributed by atoms with E-state index in [1.807, 2.05) is 19.1 Å². The van der Waals surface area contributed by atoms with Gasteiger partial charge in [-0.3, -0.25) is 0 Å². The SMILES string of the molecule is CCOC(=O)c1cc2c(Nc3ccc(F)c(N)c3)cc(C)cc2[nH]1. The number of nitrogens with one attached hydrogen (secondary N) is 2. The number of rotatable bonds is 4. The Bertz CT molecular complexity index is 918. The molecule has 0 saturated carbocycles. The number of anilines is 3. The largest absolute Gasteiger partial charge is 0.461 e. The molecule has 24 heavy (non-hydrogen) atoms. The fraction of sp³-hybridized carbons (Fsp3) is 0.167. The van der Waals surface area contributed by atoms with Crippen molar-refractivity contribution < 1.29 is 13.9 Å². The molecule has 0 radical (unpaired) electrons. The van der Waals surface area contributed by atoms with Crippen molar-refractivity contribution in [1.82, 2.24) is 4.98 Å². The summed E-state index contributed by atoms with van der Waals surface area (Å²) in [6, 6.07) is 10.1. The second kappa shape index (κ2) is 6.23. The molecule has 2 aromatic carbocycles. The first-order valence-corrected chi connectivity index (χ1v) is 7.60. The Morgan fingerprint density at radius 3 is 2.79 bits per heavy atom. The molecule has 0 unspecified atom stereocenters. The highest BCUT2D eigenvalue weighted by molar-refractivity contribution is 6.01. The summed E-state index contributed by atoms with van der Waals surface area (Å²) in [5.41, 5.74) is 9.36. The minimum absolute atomic E-state index is 0.0742. The average molecular weight is 327 g/mol. The number of hydrogen-bond acceptors (Lipinski definition) is 4. The van der Waals surface area contributed by atoms with E-state index >= 15 is 0 Å². The number of aromatic nitrogens is 1. The molecule has 0 aliphatic rings. The number of hydrogen-bond donors (Lipinski definition) is 3. The number of aryl methyl sites for hydroxylation is 1. The summed E-state index contributed by atoms with van der Waals surface area (Å²) < 4.78 is 18.3. The van der Waals surface area contributed by atoms with Crippen LogP contribution in [0.4, 0.5) is 21.5 Å². The lowest BCUT2D eigenvalue weighted by atomic mass is 10.1. The molecular formula is C18H18FN3O2. The van der Waals surface area contributed by atoms with Gasteiger partial charge in [0.2, 0.25) is 0 Å². The molecule has 0 amide bonds. The molecule has 1 heterocycles. The molecular weight excluding hydrogens is 309 g/mol. The first kappa shape index (κ1) is 15.9. The molecule has 1 aromatic heterocycles. The predicted molar refractivity (Wildman–Crippen MR) is 93.1 cm³/mol. The third-order valence-electron chi connectivity index (χ3n) is 3.65. The lowest BCUT2D eigenvalue weighted by Gasteiger charge is -2.10. The summed E-state index contributed by atoms with van der Waals surface area (Å²) in [5, 5.41) is 4.06. The minimum atomic E-state index is -0.457. The van der Waals surface area contributed by atoms with Gasteiger partial charge in [-0.15, -0.1) is 0 Å². The predicted octanol–water partition coefficient (Wildman–Crippen LogP) is 4.12. The summed E-state index contributed by atoms with van der Waals surface area (Å²) >= 11 is 0. The number of carbonyl (C=O) groups excluding carboxylic acids is 1. The third kappa shape index (κ3) is 3.03. The molecule has 0 fully saturated rings. The average Bonchev–Trinajstić information content (AvgIpc) is 2.95. The van der Waals surface area contributed by atoms with Crippen LogP contribution in [0.5, 0.6) is 0 Å². The highest BCUT2D eigenvalue weighted by Gasteiger charge is 2.13. The molecule has 0 bridgehead atoms. The van der Waals surface area contributed by atoms with Crippen molar-refractivity contribution in [2.24, 2.45) is 0 Å². The Labute approximate surface area is 138 Å². The van der Waals surface area contributed by atoms with Gasteiger partial charge < -0.3 is 20.8 Å². The molecule has 6 heteroatoms. The van der Waals surface area contributed by atoms with Crippen LogP contribution in [-0.4, -0.2) is 17.6 Å². The van der Waals surface area contributed by atoms with E-state index in [0.29, 0.717) is 18.0 Å². The molecule has 0 atom stereocenters. The molecule has 0 saturated heterocycles. The van der Waals surface area contributed by atoms with Crippen LogP contribution in [0.25, 0.3) is 10.9 Å². The minimum Gasteiger partial charge on any atom is -0.461 e. The van der Waals surface area contributed by atoms with Crippen LogP contribution < -0.4 is 11.1 Å². The molecule has 0 aliphatic heterocycles. The quantitative estimate of drug-likeness (QED) is 0.497.